The van der Waals surface area contributed by atoms with E-state index < -0.39 is 0 Å². The molecule has 0 saturated carbocycles. The molecular weight excluding hydrogens is 348 g/mol. The first-order valence-electron chi connectivity index (χ1n) is 10.4. The number of aryl methyl sites for hydroxylation is 2. The van der Waals surface area contributed by atoms with Gasteiger partial charge in [0.1, 0.15) is 12.4 Å². The molecule has 28 heavy (non-hydrogen) atoms. The van der Waals surface area contributed by atoms with Gasteiger partial charge in [0.05, 0.1) is 6.54 Å². The van der Waals surface area contributed by atoms with Gasteiger partial charge in [-0.05, 0) is 68.1 Å². The zero-order chi connectivity index (χ0) is 19.8. The Morgan fingerprint density at radius 2 is 1.82 bits per heavy atom. The van der Waals surface area contributed by atoms with E-state index in [0.717, 1.165) is 44.6 Å². The maximum absolute atomic E-state index is 12.4. The monoisotopic (exact) mass is 380 g/mol. The summed E-state index contributed by atoms with van der Waals surface area (Å²) in [4.78, 5) is 14.9. The van der Waals surface area contributed by atoms with E-state index in [1.54, 1.807) is 0 Å². The molecule has 4 nitrogen and oxygen atoms in total. The average Bonchev–Trinajstić information content (AvgIpc) is 2.73. The highest BCUT2D eigenvalue weighted by molar-refractivity contribution is 5.78. The lowest BCUT2D eigenvalue weighted by Crippen LogP contribution is -2.41. The minimum atomic E-state index is 0.122. The van der Waals surface area contributed by atoms with E-state index in [9.17, 15) is 4.79 Å². The smallest absolute Gasteiger partial charge is 0.223 e. The molecule has 0 aliphatic carbocycles. The molecule has 1 fully saturated rings. The Balaban J connectivity index is 1.34. The third-order valence-electron chi connectivity index (χ3n) is 5.62. The summed E-state index contributed by atoms with van der Waals surface area (Å²) >= 11 is 0. The number of rotatable bonds is 8. The molecule has 1 saturated heterocycles. The highest BCUT2D eigenvalue weighted by atomic mass is 16.5. The van der Waals surface area contributed by atoms with Crippen LogP contribution in [0.25, 0.3) is 0 Å². The first kappa shape index (κ1) is 20.4. The second-order valence-corrected chi connectivity index (χ2v) is 7.61. The van der Waals surface area contributed by atoms with Crippen LogP contribution in [0.1, 0.15) is 36.5 Å². The summed E-state index contributed by atoms with van der Waals surface area (Å²) in [7, 11) is 0. The molecule has 4 heteroatoms. The molecule has 1 N–H and O–H groups in total. The van der Waals surface area contributed by atoms with Crippen LogP contribution in [0, 0.1) is 12.8 Å². The largest absolute Gasteiger partial charge is 0.492 e. The minimum Gasteiger partial charge on any atom is -0.492 e. The van der Waals surface area contributed by atoms with Crippen molar-refractivity contribution in [3.8, 4) is 5.75 Å². The normalized spacial score (nSPS) is 15.4. The summed E-state index contributed by atoms with van der Waals surface area (Å²) in [6, 6.07) is 16.7. The molecule has 2 aromatic rings. The molecule has 150 valence electrons. The van der Waals surface area contributed by atoms with Gasteiger partial charge in [0, 0.05) is 12.5 Å². The van der Waals surface area contributed by atoms with Gasteiger partial charge in [0.15, 0.2) is 0 Å². The molecular formula is C24H32N2O2. The van der Waals surface area contributed by atoms with E-state index in [2.05, 4.69) is 60.5 Å². The summed E-state index contributed by atoms with van der Waals surface area (Å²) < 4.78 is 5.71. The fourth-order valence-corrected chi connectivity index (χ4v) is 3.69. The second kappa shape index (κ2) is 10.3. The van der Waals surface area contributed by atoms with Gasteiger partial charge in [-0.3, -0.25) is 9.69 Å². The molecule has 0 bridgehead atoms. The number of likely N-dealkylation sites (tertiary alicyclic amines) is 1. The number of carbonyl (C=O) groups excluding carboxylic acids is 1. The molecule has 0 unspecified atom stereocenters. The highest BCUT2D eigenvalue weighted by Crippen LogP contribution is 2.20. The summed E-state index contributed by atoms with van der Waals surface area (Å²) in [6.07, 6.45) is 2.88. The number of piperidine rings is 1. The molecule has 0 radical (unpaired) electrons. The third-order valence-corrected chi connectivity index (χ3v) is 5.62. The molecule has 0 atom stereocenters. The second-order valence-electron chi connectivity index (χ2n) is 7.61. The van der Waals surface area contributed by atoms with E-state index in [1.165, 1.54) is 16.7 Å². The average molecular weight is 381 g/mol. The Bertz CT molecular complexity index is 749. The number of hydrogen-bond donors (Lipinski definition) is 1. The molecule has 2 aromatic carbocycles. The fourth-order valence-electron chi connectivity index (χ4n) is 3.69. The van der Waals surface area contributed by atoms with E-state index in [0.29, 0.717) is 13.2 Å². The van der Waals surface area contributed by atoms with Crippen molar-refractivity contribution in [3.63, 3.8) is 0 Å². The van der Waals surface area contributed by atoms with Crippen LogP contribution in [0.3, 0.4) is 0 Å². The lowest BCUT2D eigenvalue weighted by atomic mass is 9.95. The van der Waals surface area contributed by atoms with Crippen molar-refractivity contribution in [1.82, 2.24) is 10.2 Å². The Morgan fingerprint density at radius 3 is 2.50 bits per heavy atom. The first-order valence-corrected chi connectivity index (χ1v) is 10.4. The van der Waals surface area contributed by atoms with Crippen LogP contribution in [-0.4, -0.2) is 37.0 Å². The molecule has 0 aromatic heterocycles. The number of ether oxygens (including phenoxy) is 1. The van der Waals surface area contributed by atoms with Gasteiger partial charge in [-0.1, -0.05) is 43.3 Å². The highest BCUT2D eigenvalue weighted by Gasteiger charge is 2.24. The maximum Gasteiger partial charge on any atom is 0.223 e. The van der Waals surface area contributed by atoms with Crippen molar-refractivity contribution in [2.24, 2.45) is 5.92 Å². The van der Waals surface area contributed by atoms with Gasteiger partial charge in [-0.25, -0.2) is 0 Å². The number of nitrogens with zero attached hydrogens (tertiary/aromatic N) is 1. The summed E-state index contributed by atoms with van der Waals surface area (Å²) in [5.74, 6) is 1.15. The van der Waals surface area contributed by atoms with Crippen molar-refractivity contribution in [3.05, 3.63) is 65.2 Å². The molecule has 3 rings (SSSR count). The van der Waals surface area contributed by atoms with Gasteiger partial charge in [0.25, 0.3) is 0 Å². The molecule has 0 spiro atoms. The molecule has 1 aliphatic rings. The number of nitrogens with one attached hydrogen (secondary N) is 1. The Morgan fingerprint density at radius 1 is 1.11 bits per heavy atom. The van der Waals surface area contributed by atoms with Crippen LogP contribution in [0.4, 0.5) is 0 Å². The first-order chi connectivity index (χ1) is 13.7. The summed E-state index contributed by atoms with van der Waals surface area (Å²) in [6.45, 7) is 8.29. The van der Waals surface area contributed by atoms with Crippen molar-refractivity contribution < 1.29 is 9.53 Å². The van der Waals surface area contributed by atoms with Crippen molar-refractivity contribution in [2.45, 2.75) is 39.7 Å². The fraction of sp³-hybridized carbons (Fsp3) is 0.458. The number of carbonyl (C=O) groups is 1. The van der Waals surface area contributed by atoms with Gasteiger partial charge < -0.3 is 10.1 Å². The quantitative estimate of drug-likeness (QED) is 0.705. The summed E-state index contributed by atoms with van der Waals surface area (Å²) in [5, 5.41) is 3.04. The molecule has 1 heterocycles. The number of hydrogen-bond acceptors (Lipinski definition) is 3. The maximum atomic E-state index is 12.4. The van der Waals surface area contributed by atoms with Gasteiger partial charge in [-0.2, -0.15) is 0 Å². The van der Waals surface area contributed by atoms with E-state index >= 15 is 0 Å². The number of amides is 1. The zero-order valence-electron chi connectivity index (χ0n) is 17.1. The van der Waals surface area contributed by atoms with Gasteiger partial charge >= 0.3 is 0 Å². The third kappa shape index (κ3) is 5.83. The van der Waals surface area contributed by atoms with E-state index in [4.69, 9.17) is 4.74 Å². The van der Waals surface area contributed by atoms with Crippen molar-refractivity contribution in [2.75, 3.05) is 26.2 Å². The van der Waals surface area contributed by atoms with Crippen LogP contribution in [0.15, 0.2) is 48.5 Å². The minimum absolute atomic E-state index is 0.122. The molecule has 1 aliphatic heterocycles. The van der Waals surface area contributed by atoms with Crippen molar-refractivity contribution in [1.29, 1.82) is 0 Å². The van der Waals surface area contributed by atoms with Crippen molar-refractivity contribution >= 4 is 5.91 Å². The Labute approximate surface area is 168 Å². The molecule has 1 amide bonds. The van der Waals surface area contributed by atoms with Crippen LogP contribution in [0.2, 0.25) is 0 Å². The topological polar surface area (TPSA) is 41.6 Å². The van der Waals surface area contributed by atoms with Gasteiger partial charge in [-0.15, -0.1) is 0 Å². The van der Waals surface area contributed by atoms with E-state index in [-0.39, 0.29) is 11.8 Å². The van der Waals surface area contributed by atoms with Crippen LogP contribution < -0.4 is 10.1 Å². The predicted molar refractivity (Wildman–Crippen MR) is 114 cm³/mol. The Hall–Kier alpha value is -2.33. The predicted octanol–water partition coefficient (Wildman–Crippen LogP) is 3.96. The van der Waals surface area contributed by atoms with Crippen LogP contribution >= 0.6 is 0 Å². The van der Waals surface area contributed by atoms with Crippen LogP contribution in [0.5, 0.6) is 5.75 Å². The standard InChI is InChI=1S/C24H32N2O2/c1-3-20-8-10-23(11-9-20)28-17-14-25-24(27)21-12-15-26(16-13-21)18-22-7-5-4-6-19(22)2/h4-11,21H,3,12-18H2,1-2H3,(H,25,27). The lowest BCUT2D eigenvalue weighted by molar-refractivity contribution is -0.126. The lowest BCUT2D eigenvalue weighted by Gasteiger charge is -2.31. The van der Waals surface area contributed by atoms with Gasteiger partial charge in [0.2, 0.25) is 5.91 Å². The Kier molecular flexibility index (Phi) is 7.49. The van der Waals surface area contributed by atoms with E-state index in [1.807, 2.05) is 12.1 Å². The zero-order valence-corrected chi connectivity index (χ0v) is 17.1. The number of benzene rings is 2. The van der Waals surface area contributed by atoms with Crippen LogP contribution in [-0.2, 0) is 17.8 Å². The summed E-state index contributed by atoms with van der Waals surface area (Å²) in [5.41, 5.74) is 4.02. The SMILES string of the molecule is CCc1ccc(OCCNC(=O)C2CCN(Cc3ccccc3C)CC2)cc1.